The minimum atomic E-state index is -3.72. The molecule has 0 aliphatic rings. The van der Waals surface area contributed by atoms with Crippen molar-refractivity contribution in [1.29, 1.82) is 0 Å². The van der Waals surface area contributed by atoms with Crippen LogP contribution in [-0.2, 0) is 10.0 Å². The molecule has 122 valence electrons. The van der Waals surface area contributed by atoms with E-state index in [1.807, 2.05) is 6.92 Å². The van der Waals surface area contributed by atoms with Gasteiger partial charge in [0.2, 0.25) is 0 Å². The number of nitrogens with two attached hydrogens (primary N) is 1. The van der Waals surface area contributed by atoms with E-state index in [4.69, 9.17) is 10.5 Å². The van der Waals surface area contributed by atoms with Crippen molar-refractivity contribution in [1.82, 2.24) is 4.83 Å². The number of hydrogen-bond acceptors (Lipinski definition) is 5. The first-order chi connectivity index (χ1) is 10.8. The number of anilines is 1. The maximum Gasteiger partial charge on any atom is 0.276 e. The fraction of sp³-hybridized carbons (Fsp3) is 0.188. The summed E-state index contributed by atoms with van der Waals surface area (Å²) in [6, 6.07) is 11.6. The fourth-order valence-corrected chi connectivity index (χ4v) is 2.79. The summed E-state index contributed by atoms with van der Waals surface area (Å²) in [5.74, 6) is 0.616. The van der Waals surface area contributed by atoms with Gasteiger partial charge in [-0.2, -0.15) is 18.4 Å². The third kappa shape index (κ3) is 4.01. The summed E-state index contributed by atoms with van der Waals surface area (Å²) in [5, 5.41) is 3.94. The third-order valence-electron chi connectivity index (χ3n) is 3.32. The lowest BCUT2D eigenvalue weighted by Crippen LogP contribution is -2.20. The molecule has 7 heteroatoms. The van der Waals surface area contributed by atoms with Gasteiger partial charge in [-0.1, -0.05) is 17.7 Å². The van der Waals surface area contributed by atoms with Gasteiger partial charge in [0.1, 0.15) is 5.75 Å². The predicted octanol–water partition coefficient (Wildman–Crippen LogP) is 2.29. The molecule has 0 aliphatic heterocycles. The Hall–Kier alpha value is -2.54. The Morgan fingerprint density at radius 3 is 2.43 bits per heavy atom. The van der Waals surface area contributed by atoms with Gasteiger partial charge in [-0.15, -0.1) is 0 Å². The molecule has 0 radical (unpaired) electrons. The van der Waals surface area contributed by atoms with Gasteiger partial charge in [0.15, 0.2) is 0 Å². The Bertz CT molecular complexity index is 828. The van der Waals surface area contributed by atoms with Gasteiger partial charge in [-0.05, 0) is 44.2 Å². The highest BCUT2D eigenvalue weighted by molar-refractivity contribution is 7.89. The van der Waals surface area contributed by atoms with Crippen LogP contribution in [0.5, 0.6) is 5.75 Å². The van der Waals surface area contributed by atoms with Gasteiger partial charge in [-0.25, -0.2) is 0 Å². The predicted molar refractivity (Wildman–Crippen MR) is 91.1 cm³/mol. The fourth-order valence-electron chi connectivity index (χ4n) is 1.93. The van der Waals surface area contributed by atoms with Crippen LogP contribution >= 0.6 is 0 Å². The summed E-state index contributed by atoms with van der Waals surface area (Å²) in [4.78, 5) is 2.37. The van der Waals surface area contributed by atoms with Gasteiger partial charge in [0.05, 0.1) is 17.7 Å². The van der Waals surface area contributed by atoms with Crippen molar-refractivity contribution < 1.29 is 13.2 Å². The van der Waals surface area contributed by atoms with Crippen LogP contribution in [0.15, 0.2) is 52.5 Å². The highest BCUT2D eigenvalue weighted by Crippen LogP contribution is 2.20. The van der Waals surface area contributed by atoms with Crippen LogP contribution in [0.25, 0.3) is 0 Å². The van der Waals surface area contributed by atoms with E-state index in [0.717, 1.165) is 5.56 Å². The molecule has 0 saturated carbocycles. The molecule has 0 atom stereocenters. The van der Waals surface area contributed by atoms with Crippen LogP contribution in [0.1, 0.15) is 18.1 Å². The average Bonchev–Trinajstić information content (AvgIpc) is 2.53. The number of methoxy groups -OCH3 is 1. The van der Waals surface area contributed by atoms with Gasteiger partial charge in [0.25, 0.3) is 10.0 Å². The standard InChI is InChI=1S/C16H19N3O3S/c1-11-4-7-14(8-5-11)23(20,21)19-18-12(2)15-10-13(22-3)6-9-16(15)17/h4-10,19H,17H2,1-3H3. The van der Waals surface area contributed by atoms with E-state index >= 15 is 0 Å². The van der Waals surface area contributed by atoms with E-state index in [0.29, 0.717) is 22.7 Å². The number of hydrogen-bond donors (Lipinski definition) is 2. The molecular formula is C16H19N3O3S. The second-order valence-electron chi connectivity index (χ2n) is 5.06. The lowest BCUT2D eigenvalue weighted by atomic mass is 10.1. The zero-order valence-corrected chi connectivity index (χ0v) is 14.0. The van der Waals surface area contributed by atoms with Gasteiger partial charge in [0, 0.05) is 11.3 Å². The maximum absolute atomic E-state index is 12.2. The summed E-state index contributed by atoms with van der Waals surface area (Å²) < 4.78 is 29.6. The molecule has 0 bridgehead atoms. The van der Waals surface area contributed by atoms with E-state index in [9.17, 15) is 8.42 Å². The number of ether oxygens (including phenoxy) is 1. The van der Waals surface area contributed by atoms with Crippen LogP contribution in [0, 0.1) is 6.92 Å². The Labute approximate surface area is 136 Å². The molecule has 2 aromatic rings. The van der Waals surface area contributed by atoms with Crippen molar-refractivity contribution in [2.24, 2.45) is 5.10 Å². The number of nitrogens with one attached hydrogen (secondary N) is 1. The number of aryl methyl sites for hydroxylation is 1. The first-order valence-electron chi connectivity index (χ1n) is 6.90. The topological polar surface area (TPSA) is 93.8 Å². The number of rotatable bonds is 5. The number of benzene rings is 2. The molecular weight excluding hydrogens is 314 g/mol. The number of sulfonamides is 1. The number of nitrogen functional groups attached to an aromatic ring is 1. The van der Waals surface area contributed by atoms with Gasteiger partial charge in [-0.3, -0.25) is 0 Å². The molecule has 0 unspecified atom stereocenters. The highest BCUT2D eigenvalue weighted by atomic mass is 32.2. The molecule has 0 spiro atoms. The lowest BCUT2D eigenvalue weighted by Gasteiger charge is -2.09. The molecule has 23 heavy (non-hydrogen) atoms. The lowest BCUT2D eigenvalue weighted by molar-refractivity contribution is 0.415. The van der Waals surface area contributed by atoms with Crippen LogP contribution < -0.4 is 15.3 Å². The minimum Gasteiger partial charge on any atom is -0.497 e. The normalized spacial score (nSPS) is 12.0. The van der Waals surface area contributed by atoms with Crippen molar-refractivity contribution in [3.05, 3.63) is 53.6 Å². The molecule has 3 N–H and O–H groups in total. The van der Waals surface area contributed by atoms with E-state index in [2.05, 4.69) is 9.93 Å². The zero-order chi connectivity index (χ0) is 17.0. The Morgan fingerprint density at radius 2 is 1.83 bits per heavy atom. The van der Waals surface area contributed by atoms with E-state index < -0.39 is 10.0 Å². The summed E-state index contributed by atoms with van der Waals surface area (Å²) in [5.41, 5.74) is 8.41. The van der Waals surface area contributed by atoms with Crippen molar-refractivity contribution in [2.75, 3.05) is 12.8 Å². The summed E-state index contributed by atoms with van der Waals surface area (Å²) in [7, 11) is -2.17. The van der Waals surface area contributed by atoms with E-state index in [1.165, 1.54) is 12.1 Å². The molecule has 0 amide bonds. The molecule has 0 saturated heterocycles. The monoisotopic (exact) mass is 333 g/mol. The zero-order valence-electron chi connectivity index (χ0n) is 13.2. The smallest absolute Gasteiger partial charge is 0.276 e. The molecule has 6 nitrogen and oxygen atoms in total. The largest absolute Gasteiger partial charge is 0.497 e. The summed E-state index contributed by atoms with van der Waals surface area (Å²) in [6.45, 7) is 3.56. The van der Waals surface area contributed by atoms with Gasteiger partial charge < -0.3 is 10.5 Å². The SMILES string of the molecule is COc1ccc(N)c(C(C)=NNS(=O)(=O)c2ccc(C)cc2)c1. The first-order valence-corrected chi connectivity index (χ1v) is 8.38. The van der Waals surface area contributed by atoms with Crippen LogP contribution in [0.4, 0.5) is 5.69 Å². The van der Waals surface area contributed by atoms with E-state index in [-0.39, 0.29) is 4.90 Å². The van der Waals surface area contributed by atoms with E-state index in [1.54, 1.807) is 44.4 Å². The van der Waals surface area contributed by atoms with Gasteiger partial charge >= 0.3 is 0 Å². The molecule has 0 heterocycles. The van der Waals surface area contributed by atoms with Crippen LogP contribution in [0.3, 0.4) is 0 Å². The molecule has 0 aliphatic carbocycles. The quantitative estimate of drug-likeness (QED) is 0.499. The Morgan fingerprint density at radius 1 is 1.17 bits per heavy atom. The van der Waals surface area contributed by atoms with Crippen molar-refractivity contribution in [2.45, 2.75) is 18.7 Å². The third-order valence-corrected chi connectivity index (χ3v) is 4.54. The Balaban J connectivity index is 2.26. The minimum absolute atomic E-state index is 0.151. The first kappa shape index (κ1) is 16.8. The highest BCUT2D eigenvalue weighted by Gasteiger charge is 2.13. The van der Waals surface area contributed by atoms with Crippen LogP contribution in [-0.4, -0.2) is 21.2 Å². The second kappa shape index (κ2) is 6.70. The molecule has 2 rings (SSSR count). The molecule has 2 aromatic carbocycles. The number of hydrazone groups is 1. The maximum atomic E-state index is 12.2. The molecule has 0 fully saturated rings. The Kier molecular flexibility index (Phi) is 4.90. The summed E-state index contributed by atoms with van der Waals surface area (Å²) >= 11 is 0. The number of nitrogens with zero attached hydrogens (tertiary/aromatic N) is 1. The average molecular weight is 333 g/mol. The van der Waals surface area contributed by atoms with Crippen LogP contribution in [0.2, 0.25) is 0 Å². The van der Waals surface area contributed by atoms with Crippen molar-refractivity contribution >= 4 is 21.4 Å². The summed E-state index contributed by atoms with van der Waals surface area (Å²) in [6.07, 6.45) is 0. The van der Waals surface area contributed by atoms with Crippen molar-refractivity contribution in [3.8, 4) is 5.75 Å². The van der Waals surface area contributed by atoms with Crippen molar-refractivity contribution in [3.63, 3.8) is 0 Å². The molecule has 0 aromatic heterocycles. The second-order valence-corrected chi connectivity index (χ2v) is 6.72.